The van der Waals surface area contributed by atoms with Gasteiger partial charge in [-0.2, -0.15) is 0 Å². The molecule has 0 amide bonds. The number of ether oxygens (including phenoxy) is 1. The van der Waals surface area contributed by atoms with Crippen molar-refractivity contribution in [2.24, 2.45) is 5.92 Å². The minimum absolute atomic E-state index is 0.150. The van der Waals surface area contributed by atoms with Crippen LogP contribution < -0.4 is 5.32 Å². The third-order valence-corrected chi connectivity index (χ3v) is 1.88. The molecule has 0 spiro atoms. The summed E-state index contributed by atoms with van der Waals surface area (Å²) in [5.41, 5.74) is -0.150. The Morgan fingerprint density at radius 2 is 1.65 bits per heavy atom. The highest BCUT2D eigenvalue weighted by Gasteiger charge is 2.19. The second-order valence-corrected chi connectivity index (χ2v) is 5.86. The first-order valence-electron chi connectivity index (χ1n) is 6.72. The van der Waals surface area contributed by atoms with Crippen molar-refractivity contribution in [2.75, 3.05) is 7.05 Å². The van der Waals surface area contributed by atoms with E-state index in [4.69, 9.17) is 4.74 Å². The monoisotopic (exact) mass is 243 g/mol. The van der Waals surface area contributed by atoms with Crippen molar-refractivity contribution >= 4 is 0 Å². The van der Waals surface area contributed by atoms with Gasteiger partial charge in [0.05, 0.1) is 6.04 Å². The van der Waals surface area contributed by atoms with Crippen LogP contribution in [0.2, 0.25) is 0 Å². The standard InChI is InChI=1S/C12H25NO.C3H8/c1-9(2)8-11(13-7)10(3)14-12(4,5)6;1-3-2/h9,11,13H,3,8H2,1-2,4-7H3;3H2,1-2H3/t11-;/m0./s1. The second kappa shape index (κ2) is 9.52. The van der Waals surface area contributed by atoms with Crippen molar-refractivity contribution in [3.05, 3.63) is 12.3 Å². The molecule has 0 unspecified atom stereocenters. The van der Waals surface area contributed by atoms with E-state index in [9.17, 15) is 0 Å². The van der Waals surface area contributed by atoms with E-state index in [2.05, 4.69) is 39.6 Å². The molecule has 0 aliphatic heterocycles. The lowest BCUT2D eigenvalue weighted by Gasteiger charge is -2.28. The highest BCUT2D eigenvalue weighted by Crippen LogP contribution is 2.18. The highest BCUT2D eigenvalue weighted by molar-refractivity contribution is 4.98. The van der Waals surface area contributed by atoms with Gasteiger partial charge in [0, 0.05) is 0 Å². The first-order valence-corrected chi connectivity index (χ1v) is 6.72. The predicted octanol–water partition coefficient (Wildman–Crippen LogP) is 4.37. The van der Waals surface area contributed by atoms with Crippen molar-refractivity contribution in [3.63, 3.8) is 0 Å². The maximum absolute atomic E-state index is 5.73. The minimum atomic E-state index is -0.150. The SMILES string of the molecule is C=C(OC(C)(C)C)[C@H](CC(C)C)NC.CCC. The first-order chi connectivity index (χ1) is 7.67. The molecule has 2 nitrogen and oxygen atoms in total. The van der Waals surface area contributed by atoms with Gasteiger partial charge >= 0.3 is 0 Å². The van der Waals surface area contributed by atoms with Crippen molar-refractivity contribution in [1.82, 2.24) is 5.32 Å². The van der Waals surface area contributed by atoms with Crippen LogP contribution in [-0.4, -0.2) is 18.7 Å². The lowest BCUT2D eigenvalue weighted by molar-refractivity contribution is 0.0387. The van der Waals surface area contributed by atoms with E-state index < -0.39 is 0 Å². The summed E-state index contributed by atoms with van der Waals surface area (Å²) in [5, 5.41) is 3.23. The summed E-state index contributed by atoms with van der Waals surface area (Å²) in [6, 6.07) is 0.259. The van der Waals surface area contributed by atoms with Gasteiger partial charge in [0.25, 0.3) is 0 Å². The number of likely N-dealkylation sites (N-methyl/N-ethyl adjacent to an activating group) is 1. The quantitative estimate of drug-likeness (QED) is 0.724. The molecule has 0 bridgehead atoms. The number of rotatable bonds is 5. The molecule has 0 aliphatic rings. The Morgan fingerprint density at radius 1 is 1.24 bits per heavy atom. The van der Waals surface area contributed by atoms with Gasteiger partial charge in [0.2, 0.25) is 0 Å². The molecule has 0 aromatic rings. The Balaban J connectivity index is 0. The van der Waals surface area contributed by atoms with E-state index in [0.29, 0.717) is 5.92 Å². The van der Waals surface area contributed by atoms with Crippen LogP contribution in [0.15, 0.2) is 12.3 Å². The smallest absolute Gasteiger partial charge is 0.107 e. The minimum Gasteiger partial charge on any atom is -0.491 e. The molecule has 0 aromatic carbocycles. The Bertz CT molecular complexity index is 192. The van der Waals surface area contributed by atoms with Crippen LogP contribution in [0, 0.1) is 5.92 Å². The molecule has 0 saturated carbocycles. The fourth-order valence-electron chi connectivity index (χ4n) is 1.35. The van der Waals surface area contributed by atoms with Gasteiger partial charge in [-0.3, -0.25) is 0 Å². The van der Waals surface area contributed by atoms with E-state index in [1.54, 1.807) is 0 Å². The molecular weight excluding hydrogens is 210 g/mol. The van der Waals surface area contributed by atoms with Crippen LogP contribution in [-0.2, 0) is 4.74 Å². The zero-order chi connectivity index (χ0) is 14.1. The zero-order valence-corrected chi connectivity index (χ0v) is 13.2. The third kappa shape index (κ3) is 13.4. The van der Waals surface area contributed by atoms with Crippen molar-refractivity contribution in [1.29, 1.82) is 0 Å². The molecule has 0 fully saturated rings. The average molecular weight is 243 g/mol. The van der Waals surface area contributed by atoms with E-state index >= 15 is 0 Å². The average Bonchev–Trinajstić information content (AvgIpc) is 2.12. The molecule has 0 aliphatic carbocycles. The summed E-state index contributed by atoms with van der Waals surface area (Å²) in [6.07, 6.45) is 2.31. The van der Waals surface area contributed by atoms with Crippen molar-refractivity contribution < 1.29 is 4.74 Å². The van der Waals surface area contributed by atoms with Crippen LogP contribution >= 0.6 is 0 Å². The van der Waals surface area contributed by atoms with Gasteiger partial charge in [0.1, 0.15) is 11.4 Å². The summed E-state index contributed by atoms with van der Waals surface area (Å²) < 4.78 is 5.73. The maximum atomic E-state index is 5.73. The van der Waals surface area contributed by atoms with E-state index in [1.807, 2.05) is 27.8 Å². The van der Waals surface area contributed by atoms with Gasteiger partial charge in [-0.15, -0.1) is 0 Å². The third-order valence-electron chi connectivity index (χ3n) is 1.88. The van der Waals surface area contributed by atoms with Crippen molar-refractivity contribution in [3.8, 4) is 0 Å². The molecule has 0 radical (unpaired) electrons. The lowest BCUT2D eigenvalue weighted by Crippen LogP contribution is -2.33. The van der Waals surface area contributed by atoms with Gasteiger partial charge in [-0.05, 0) is 40.2 Å². The Hall–Kier alpha value is -0.500. The zero-order valence-electron chi connectivity index (χ0n) is 13.2. The fourth-order valence-corrected chi connectivity index (χ4v) is 1.35. The molecular formula is C15H33NO. The topological polar surface area (TPSA) is 21.3 Å². The number of nitrogens with one attached hydrogen (secondary N) is 1. The van der Waals surface area contributed by atoms with Gasteiger partial charge in [-0.1, -0.05) is 40.7 Å². The summed E-state index contributed by atoms with van der Waals surface area (Å²) in [4.78, 5) is 0. The molecule has 0 saturated heterocycles. The molecule has 17 heavy (non-hydrogen) atoms. The normalized spacial score (nSPS) is 12.8. The summed E-state index contributed by atoms with van der Waals surface area (Å²) in [7, 11) is 1.95. The Labute approximate surface area is 109 Å². The van der Waals surface area contributed by atoms with Gasteiger partial charge in [0.15, 0.2) is 0 Å². The summed E-state index contributed by atoms with van der Waals surface area (Å²) in [5.74, 6) is 1.49. The predicted molar refractivity (Wildman–Crippen MR) is 78.2 cm³/mol. The van der Waals surface area contributed by atoms with Gasteiger partial charge < -0.3 is 10.1 Å². The highest BCUT2D eigenvalue weighted by atomic mass is 16.5. The summed E-state index contributed by atoms with van der Waals surface area (Å²) >= 11 is 0. The molecule has 1 atom stereocenters. The Kier molecular flexibility index (Phi) is 10.6. The van der Waals surface area contributed by atoms with Crippen LogP contribution in [0.3, 0.4) is 0 Å². The summed E-state index contributed by atoms with van der Waals surface area (Å²) in [6.45, 7) is 18.8. The van der Waals surface area contributed by atoms with Crippen LogP contribution in [0.25, 0.3) is 0 Å². The largest absolute Gasteiger partial charge is 0.491 e. The maximum Gasteiger partial charge on any atom is 0.107 e. The van der Waals surface area contributed by atoms with Gasteiger partial charge in [-0.25, -0.2) is 0 Å². The van der Waals surface area contributed by atoms with Crippen LogP contribution in [0.4, 0.5) is 0 Å². The molecule has 1 N–H and O–H groups in total. The van der Waals surface area contributed by atoms with E-state index in [-0.39, 0.29) is 11.6 Å². The first kappa shape index (κ1) is 18.9. The molecule has 0 aromatic heterocycles. The van der Waals surface area contributed by atoms with E-state index in [0.717, 1.165) is 12.2 Å². The second-order valence-electron chi connectivity index (χ2n) is 5.86. The van der Waals surface area contributed by atoms with Crippen molar-refractivity contribution in [2.45, 2.75) is 73.0 Å². The lowest BCUT2D eigenvalue weighted by atomic mass is 10.0. The fraction of sp³-hybridized carbons (Fsp3) is 0.867. The molecule has 104 valence electrons. The molecule has 2 heteroatoms. The Morgan fingerprint density at radius 3 is 1.88 bits per heavy atom. The number of hydrogen-bond donors (Lipinski definition) is 1. The molecule has 0 rings (SSSR count). The van der Waals surface area contributed by atoms with E-state index in [1.165, 1.54) is 6.42 Å². The number of hydrogen-bond acceptors (Lipinski definition) is 2. The van der Waals surface area contributed by atoms with Crippen LogP contribution in [0.1, 0.15) is 61.3 Å². The van der Waals surface area contributed by atoms with Crippen LogP contribution in [0.5, 0.6) is 0 Å². The molecule has 0 heterocycles.